The fourth-order valence-electron chi connectivity index (χ4n) is 0.697. The molecule has 1 unspecified atom stereocenters. The molecular formula is C5H8N2O4. The van der Waals surface area contributed by atoms with E-state index in [9.17, 15) is 14.9 Å². The van der Waals surface area contributed by atoms with E-state index in [1.807, 2.05) is 0 Å². The Morgan fingerprint density at radius 3 is 2.91 bits per heavy atom. The summed E-state index contributed by atoms with van der Waals surface area (Å²) in [5.74, 6) is -0.0731. The fourth-order valence-corrected chi connectivity index (χ4v) is 0.697. The first-order valence-electron chi connectivity index (χ1n) is 3.21. The number of β-lactam (4-membered cyclic amide) rings is 1. The fraction of sp³-hybridized carbons (Fsp3) is 0.800. The first-order chi connectivity index (χ1) is 5.18. The van der Waals surface area contributed by atoms with Crippen LogP contribution in [0.5, 0.6) is 0 Å². The lowest BCUT2D eigenvalue weighted by molar-refractivity contribution is -0.484. The van der Waals surface area contributed by atoms with Gasteiger partial charge in [-0.3, -0.25) is 14.9 Å². The second-order valence-corrected chi connectivity index (χ2v) is 2.19. The van der Waals surface area contributed by atoms with Gasteiger partial charge in [-0.1, -0.05) is 0 Å². The number of nitrogens with zero attached hydrogens (tertiary/aromatic N) is 1. The van der Waals surface area contributed by atoms with Crippen molar-refractivity contribution in [1.29, 1.82) is 0 Å². The minimum Gasteiger partial charge on any atom is -0.351 e. The van der Waals surface area contributed by atoms with Crippen molar-refractivity contribution in [1.82, 2.24) is 5.32 Å². The van der Waals surface area contributed by atoms with Crippen LogP contribution in [0.25, 0.3) is 0 Å². The summed E-state index contributed by atoms with van der Waals surface area (Å²) in [4.78, 5) is 19.6. The second kappa shape index (κ2) is 3.29. The van der Waals surface area contributed by atoms with Crippen LogP contribution >= 0.6 is 0 Å². The Morgan fingerprint density at radius 1 is 1.82 bits per heavy atom. The molecule has 0 bridgehead atoms. The van der Waals surface area contributed by atoms with Crippen molar-refractivity contribution in [2.75, 3.05) is 13.2 Å². The van der Waals surface area contributed by atoms with E-state index < -0.39 is 4.92 Å². The summed E-state index contributed by atoms with van der Waals surface area (Å²) in [6.45, 7) is -0.162. The van der Waals surface area contributed by atoms with Crippen molar-refractivity contribution < 1.29 is 14.5 Å². The smallest absolute Gasteiger partial charge is 0.227 e. The van der Waals surface area contributed by atoms with Gasteiger partial charge in [0.2, 0.25) is 12.5 Å². The van der Waals surface area contributed by atoms with Gasteiger partial charge in [-0.05, 0) is 0 Å². The van der Waals surface area contributed by atoms with Gasteiger partial charge < -0.3 is 10.1 Å². The average Bonchev–Trinajstić information content (AvgIpc) is 1.83. The average molecular weight is 160 g/mol. The Kier molecular flexibility index (Phi) is 2.37. The zero-order valence-corrected chi connectivity index (χ0v) is 5.78. The molecule has 6 nitrogen and oxygen atoms in total. The summed E-state index contributed by atoms with van der Waals surface area (Å²) in [6.07, 6.45) is 0.0139. The number of carbonyl (C=O) groups is 1. The van der Waals surface area contributed by atoms with Crippen molar-refractivity contribution in [2.24, 2.45) is 0 Å². The third-order valence-electron chi connectivity index (χ3n) is 1.29. The highest BCUT2D eigenvalue weighted by Crippen LogP contribution is 2.04. The van der Waals surface area contributed by atoms with E-state index in [0.717, 1.165) is 0 Å². The van der Waals surface area contributed by atoms with Gasteiger partial charge in [0.25, 0.3) is 0 Å². The molecule has 1 heterocycles. The third-order valence-corrected chi connectivity index (χ3v) is 1.29. The molecule has 1 amide bonds. The highest BCUT2D eigenvalue weighted by atomic mass is 16.6. The molecule has 0 aromatic heterocycles. The van der Waals surface area contributed by atoms with Gasteiger partial charge in [-0.15, -0.1) is 0 Å². The molecule has 1 aliphatic heterocycles. The van der Waals surface area contributed by atoms with Crippen molar-refractivity contribution in [3.63, 3.8) is 0 Å². The Bertz CT molecular complexity index is 173. The van der Waals surface area contributed by atoms with Crippen LogP contribution in [0.4, 0.5) is 0 Å². The minimum absolute atomic E-state index is 0.0535. The lowest BCUT2D eigenvalue weighted by atomic mass is 10.2. The molecule has 6 heteroatoms. The molecule has 0 aromatic rings. The van der Waals surface area contributed by atoms with Gasteiger partial charge >= 0.3 is 0 Å². The molecule has 0 spiro atoms. The SMILES string of the molecule is O=C1CC(OCC[N+](=O)[O-])N1. The molecule has 0 saturated carbocycles. The monoisotopic (exact) mass is 160 g/mol. The predicted octanol–water partition coefficient (Wildman–Crippen LogP) is -0.874. The summed E-state index contributed by atoms with van der Waals surface area (Å²) in [5, 5.41) is 12.2. The quantitative estimate of drug-likeness (QED) is 0.329. The van der Waals surface area contributed by atoms with Gasteiger partial charge in [0.05, 0.1) is 6.42 Å². The molecule has 0 aromatic carbocycles. The van der Waals surface area contributed by atoms with Gasteiger partial charge in [-0.2, -0.15) is 0 Å². The van der Waals surface area contributed by atoms with Crippen LogP contribution in [0.2, 0.25) is 0 Å². The standard InChI is InChI=1S/C5H8N2O4/c8-4-3-5(6-4)11-2-1-7(9)10/h5H,1-3H2,(H,6,8). The van der Waals surface area contributed by atoms with Crippen LogP contribution in [0.1, 0.15) is 6.42 Å². The number of hydrogen-bond donors (Lipinski definition) is 1. The van der Waals surface area contributed by atoms with Gasteiger partial charge in [0, 0.05) is 4.92 Å². The number of rotatable bonds is 4. The molecule has 0 radical (unpaired) electrons. The summed E-state index contributed by atoms with van der Waals surface area (Å²) in [6, 6.07) is 0. The Hall–Kier alpha value is -1.17. The molecule has 0 aliphatic carbocycles. The normalized spacial score (nSPS) is 22.2. The second-order valence-electron chi connectivity index (χ2n) is 2.19. The minimum atomic E-state index is -0.458. The molecule has 11 heavy (non-hydrogen) atoms. The van der Waals surface area contributed by atoms with Crippen LogP contribution in [0.3, 0.4) is 0 Å². The van der Waals surface area contributed by atoms with Gasteiger partial charge in [0.1, 0.15) is 12.8 Å². The molecule has 62 valence electrons. The maximum absolute atomic E-state index is 10.3. The van der Waals surface area contributed by atoms with Crippen molar-refractivity contribution in [3.8, 4) is 0 Å². The van der Waals surface area contributed by atoms with Crippen LogP contribution < -0.4 is 5.32 Å². The highest BCUT2D eigenvalue weighted by molar-refractivity contribution is 5.82. The van der Waals surface area contributed by atoms with Crippen LogP contribution in [-0.2, 0) is 9.53 Å². The van der Waals surface area contributed by atoms with E-state index in [4.69, 9.17) is 4.74 Å². The lowest BCUT2D eigenvalue weighted by Gasteiger charge is -2.25. The molecule has 1 N–H and O–H groups in total. The Morgan fingerprint density at radius 2 is 2.45 bits per heavy atom. The van der Waals surface area contributed by atoms with Crippen LogP contribution in [-0.4, -0.2) is 30.2 Å². The third kappa shape index (κ3) is 2.50. The molecule has 1 aliphatic rings. The number of hydrogen-bond acceptors (Lipinski definition) is 4. The van der Waals surface area contributed by atoms with Gasteiger partial charge in [-0.25, -0.2) is 0 Å². The highest BCUT2D eigenvalue weighted by Gasteiger charge is 2.25. The maximum Gasteiger partial charge on any atom is 0.227 e. The van der Waals surface area contributed by atoms with Crippen LogP contribution in [0.15, 0.2) is 0 Å². The summed E-state index contributed by atoms with van der Waals surface area (Å²) < 4.78 is 4.89. The molecule has 1 saturated heterocycles. The number of nitro groups is 1. The number of amides is 1. The van der Waals surface area contributed by atoms with E-state index >= 15 is 0 Å². The van der Waals surface area contributed by atoms with Crippen LogP contribution in [0, 0.1) is 10.1 Å². The molecule has 1 atom stereocenters. The van der Waals surface area contributed by atoms with E-state index in [1.165, 1.54) is 0 Å². The molecule has 1 fully saturated rings. The summed E-state index contributed by atoms with van der Waals surface area (Å²) in [7, 11) is 0. The van der Waals surface area contributed by atoms with E-state index in [-0.39, 0.29) is 25.3 Å². The zero-order valence-electron chi connectivity index (χ0n) is 5.78. The predicted molar refractivity (Wildman–Crippen MR) is 34.4 cm³/mol. The topological polar surface area (TPSA) is 81.5 Å². The number of nitrogens with one attached hydrogen (secondary N) is 1. The number of ether oxygens (including phenoxy) is 1. The first kappa shape index (κ1) is 7.93. The van der Waals surface area contributed by atoms with E-state index in [1.54, 1.807) is 0 Å². The largest absolute Gasteiger partial charge is 0.351 e. The van der Waals surface area contributed by atoms with Crippen molar-refractivity contribution in [3.05, 3.63) is 10.1 Å². The van der Waals surface area contributed by atoms with Crippen molar-refractivity contribution in [2.45, 2.75) is 12.6 Å². The van der Waals surface area contributed by atoms with Gasteiger partial charge in [0.15, 0.2) is 0 Å². The number of carbonyl (C=O) groups excluding carboxylic acids is 1. The summed E-state index contributed by atoms with van der Waals surface area (Å²) >= 11 is 0. The lowest BCUT2D eigenvalue weighted by Crippen LogP contribution is -2.50. The maximum atomic E-state index is 10.3. The summed E-state index contributed by atoms with van der Waals surface area (Å²) in [5.41, 5.74) is 0. The van der Waals surface area contributed by atoms with E-state index in [0.29, 0.717) is 6.42 Å². The first-order valence-corrected chi connectivity index (χ1v) is 3.21. The molecular weight excluding hydrogens is 152 g/mol. The van der Waals surface area contributed by atoms with Crippen molar-refractivity contribution >= 4 is 5.91 Å². The Balaban J connectivity index is 1.96. The molecule has 1 rings (SSSR count). The zero-order chi connectivity index (χ0) is 8.27. The van der Waals surface area contributed by atoms with E-state index in [2.05, 4.69) is 5.32 Å². The Labute approximate surface area is 62.7 Å².